The van der Waals surface area contributed by atoms with E-state index in [9.17, 15) is 18.0 Å². The number of halogens is 2. The molecule has 0 saturated heterocycles. The van der Waals surface area contributed by atoms with Gasteiger partial charge in [0.1, 0.15) is 4.90 Å². The second kappa shape index (κ2) is 10.1. The second-order valence-electron chi connectivity index (χ2n) is 6.21. The van der Waals surface area contributed by atoms with E-state index in [1.165, 1.54) is 18.2 Å². The number of carbonyl (C=O) groups excluding carboxylic acids is 2. The van der Waals surface area contributed by atoms with Crippen LogP contribution in [0.2, 0.25) is 10.0 Å². The Hall–Kier alpha value is -2.13. The average molecular weight is 459 g/mol. The molecule has 7 nitrogen and oxygen atoms in total. The number of nitrogens with one attached hydrogen (secondary N) is 2. The van der Waals surface area contributed by atoms with Gasteiger partial charge < -0.3 is 10.1 Å². The Bertz CT molecular complexity index is 1010. The Balaban J connectivity index is 1.79. The first-order chi connectivity index (χ1) is 13.6. The molecular weight excluding hydrogens is 439 g/mol. The molecule has 0 heterocycles. The van der Waals surface area contributed by atoms with Crippen LogP contribution in [0.25, 0.3) is 0 Å². The summed E-state index contributed by atoms with van der Waals surface area (Å²) in [6.45, 7) is 3.16. The van der Waals surface area contributed by atoms with Crippen molar-refractivity contribution in [2.45, 2.75) is 25.2 Å². The number of benzene rings is 2. The highest BCUT2D eigenvalue weighted by atomic mass is 35.5. The number of rotatable bonds is 8. The summed E-state index contributed by atoms with van der Waals surface area (Å²) in [4.78, 5) is 23.4. The summed E-state index contributed by atoms with van der Waals surface area (Å²) in [5.41, 5.74) is 2.71. The molecule has 0 aromatic heterocycles. The van der Waals surface area contributed by atoms with Gasteiger partial charge >= 0.3 is 5.97 Å². The van der Waals surface area contributed by atoms with Crippen molar-refractivity contribution in [3.63, 3.8) is 0 Å². The maximum Gasteiger partial charge on any atom is 0.307 e. The van der Waals surface area contributed by atoms with Crippen molar-refractivity contribution in [2.24, 2.45) is 0 Å². The predicted molar refractivity (Wildman–Crippen MR) is 112 cm³/mol. The van der Waals surface area contributed by atoms with Crippen LogP contribution in [-0.2, 0) is 24.3 Å². The summed E-state index contributed by atoms with van der Waals surface area (Å²) >= 11 is 11.8. The molecule has 2 N–H and O–H groups in total. The molecule has 0 bridgehead atoms. The van der Waals surface area contributed by atoms with Crippen LogP contribution < -0.4 is 10.0 Å². The quantitative estimate of drug-likeness (QED) is 0.589. The molecule has 0 radical (unpaired) electrons. The first-order valence-corrected chi connectivity index (χ1v) is 10.8. The van der Waals surface area contributed by atoms with E-state index in [-0.39, 0.29) is 27.9 Å². The molecule has 10 heteroatoms. The first kappa shape index (κ1) is 23.2. The molecule has 1 amide bonds. The zero-order chi connectivity index (χ0) is 21.6. The Morgan fingerprint density at radius 3 is 2.31 bits per heavy atom. The van der Waals surface area contributed by atoms with E-state index in [2.05, 4.69) is 10.0 Å². The lowest BCUT2D eigenvalue weighted by Gasteiger charge is -2.10. The van der Waals surface area contributed by atoms with Gasteiger partial charge in [0.25, 0.3) is 5.91 Å². The molecule has 0 atom stereocenters. The van der Waals surface area contributed by atoms with Crippen LogP contribution in [0.15, 0.2) is 41.3 Å². The molecule has 0 unspecified atom stereocenters. The number of carbonyl (C=O) groups is 2. The highest BCUT2D eigenvalue weighted by Gasteiger charge is 2.21. The Kier molecular flexibility index (Phi) is 8.04. The number of ether oxygens (including phenoxy) is 1. The molecular formula is C19H20Cl2N2O5S. The number of anilines is 1. The predicted octanol–water partition coefficient (Wildman–Crippen LogP) is 3.46. The standard InChI is InChI=1S/C19H20Cl2N2O5S/c1-12-6-7-14(10-13(12)2)23-17(24)11-28-18(25)8-9-22-29(26,27)19-15(20)4-3-5-16(19)21/h3-7,10,22H,8-9,11H2,1-2H3,(H,23,24). The van der Waals surface area contributed by atoms with Gasteiger partial charge in [0, 0.05) is 12.2 Å². The van der Waals surface area contributed by atoms with Gasteiger partial charge in [0.05, 0.1) is 16.5 Å². The molecule has 0 fully saturated rings. The van der Waals surface area contributed by atoms with Gasteiger partial charge in [-0.15, -0.1) is 0 Å². The van der Waals surface area contributed by atoms with E-state index in [0.29, 0.717) is 5.69 Å². The fourth-order valence-electron chi connectivity index (χ4n) is 2.33. The topological polar surface area (TPSA) is 102 Å². The second-order valence-corrected chi connectivity index (χ2v) is 8.72. The van der Waals surface area contributed by atoms with Crippen molar-refractivity contribution >= 4 is 50.8 Å². The summed E-state index contributed by atoms with van der Waals surface area (Å²) in [7, 11) is -4.00. The smallest absolute Gasteiger partial charge is 0.307 e. The number of hydrogen-bond acceptors (Lipinski definition) is 5. The largest absolute Gasteiger partial charge is 0.456 e. The van der Waals surface area contributed by atoms with E-state index >= 15 is 0 Å². The highest BCUT2D eigenvalue weighted by molar-refractivity contribution is 7.89. The van der Waals surface area contributed by atoms with Crippen molar-refractivity contribution in [2.75, 3.05) is 18.5 Å². The number of aryl methyl sites for hydroxylation is 2. The van der Waals surface area contributed by atoms with Crippen LogP contribution in [0.5, 0.6) is 0 Å². The molecule has 0 aliphatic carbocycles. The van der Waals surface area contributed by atoms with Crippen LogP contribution in [0.3, 0.4) is 0 Å². The van der Waals surface area contributed by atoms with Gasteiger partial charge in [-0.05, 0) is 49.2 Å². The average Bonchev–Trinajstić information content (AvgIpc) is 2.62. The lowest BCUT2D eigenvalue weighted by Crippen LogP contribution is -2.28. The summed E-state index contributed by atoms with van der Waals surface area (Å²) < 4.78 is 31.6. The van der Waals surface area contributed by atoms with Gasteiger partial charge in [-0.2, -0.15) is 0 Å². The number of sulfonamides is 1. The summed E-state index contributed by atoms with van der Waals surface area (Å²) in [6, 6.07) is 9.73. The van der Waals surface area contributed by atoms with Crippen molar-refractivity contribution in [3.05, 3.63) is 57.6 Å². The molecule has 0 spiro atoms. The van der Waals surface area contributed by atoms with Gasteiger partial charge in [-0.25, -0.2) is 13.1 Å². The van der Waals surface area contributed by atoms with Gasteiger partial charge in [0.15, 0.2) is 6.61 Å². The van der Waals surface area contributed by atoms with E-state index in [1.54, 1.807) is 6.07 Å². The SMILES string of the molecule is Cc1ccc(NC(=O)COC(=O)CCNS(=O)(=O)c2c(Cl)cccc2Cl)cc1C. The van der Waals surface area contributed by atoms with Crippen molar-refractivity contribution < 1.29 is 22.7 Å². The monoisotopic (exact) mass is 458 g/mol. The molecule has 2 aromatic carbocycles. The normalized spacial score (nSPS) is 11.2. The Morgan fingerprint density at radius 1 is 1.03 bits per heavy atom. The lowest BCUT2D eigenvalue weighted by molar-refractivity contribution is -0.147. The van der Waals surface area contributed by atoms with E-state index in [1.807, 2.05) is 26.0 Å². The van der Waals surface area contributed by atoms with E-state index in [0.717, 1.165) is 11.1 Å². The van der Waals surface area contributed by atoms with Gasteiger partial charge in [0.2, 0.25) is 10.0 Å². The van der Waals surface area contributed by atoms with Crippen LogP contribution in [-0.4, -0.2) is 33.4 Å². The van der Waals surface area contributed by atoms with Crippen LogP contribution in [0.4, 0.5) is 5.69 Å². The summed E-state index contributed by atoms with van der Waals surface area (Å²) in [5, 5.41) is 2.56. The number of amides is 1. The third-order valence-corrected chi connectivity index (χ3v) is 6.38. The number of esters is 1. The summed E-state index contributed by atoms with van der Waals surface area (Å²) in [5.74, 6) is -1.22. The molecule has 0 aliphatic heterocycles. The maximum absolute atomic E-state index is 12.3. The summed E-state index contributed by atoms with van der Waals surface area (Å²) in [6.07, 6.45) is -0.266. The lowest BCUT2D eigenvalue weighted by atomic mass is 10.1. The maximum atomic E-state index is 12.3. The highest BCUT2D eigenvalue weighted by Crippen LogP contribution is 2.28. The van der Waals surface area contributed by atoms with Crippen molar-refractivity contribution in [3.8, 4) is 0 Å². The fourth-order valence-corrected chi connectivity index (χ4v) is 4.50. The minimum Gasteiger partial charge on any atom is -0.456 e. The van der Waals surface area contributed by atoms with E-state index < -0.39 is 28.5 Å². The third kappa shape index (κ3) is 6.71. The molecule has 0 saturated carbocycles. The van der Waals surface area contributed by atoms with Crippen LogP contribution in [0, 0.1) is 13.8 Å². The zero-order valence-electron chi connectivity index (χ0n) is 15.8. The Morgan fingerprint density at radius 2 is 1.69 bits per heavy atom. The molecule has 29 heavy (non-hydrogen) atoms. The minimum absolute atomic E-state index is 0.0319. The minimum atomic E-state index is -4.00. The van der Waals surface area contributed by atoms with Crippen molar-refractivity contribution in [1.82, 2.24) is 4.72 Å². The van der Waals surface area contributed by atoms with Crippen molar-refractivity contribution in [1.29, 1.82) is 0 Å². The first-order valence-electron chi connectivity index (χ1n) is 8.56. The van der Waals surface area contributed by atoms with E-state index in [4.69, 9.17) is 27.9 Å². The molecule has 0 aliphatic rings. The molecule has 2 aromatic rings. The third-order valence-electron chi connectivity index (χ3n) is 3.96. The molecule has 2 rings (SSSR count). The van der Waals surface area contributed by atoms with Crippen LogP contribution >= 0.6 is 23.2 Å². The van der Waals surface area contributed by atoms with Gasteiger partial charge in [-0.1, -0.05) is 35.3 Å². The fraction of sp³-hybridized carbons (Fsp3) is 0.263. The Labute approximate surface area is 179 Å². The molecule has 156 valence electrons. The number of hydrogen-bond donors (Lipinski definition) is 2. The van der Waals surface area contributed by atoms with Gasteiger partial charge in [-0.3, -0.25) is 9.59 Å². The van der Waals surface area contributed by atoms with Crippen LogP contribution in [0.1, 0.15) is 17.5 Å². The zero-order valence-corrected chi connectivity index (χ0v) is 18.1.